The molecule has 0 aromatic carbocycles. The number of hydrogen-bond acceptors (Lipinski definition) is 35. The summed E-state index contributed by atoms with van der Waals surface area (Å²) in [5, 5.41) is 209. The fourth-order valence-corrected chi connectivity index (χ4v) is 20.4. The van der Waals surface area contributed by atoms with E-state index in [0.29, 0.717) is 51.4 Å². The van der Waals surface area contributed by atoms with E-state index >= 15 is 4.79 Å². The standard InChI is InChI=1S/C77H127NO36/c1-12-33(3)40(103-50(87)24-37(83)23-41(34(4)13-2)105-67-58(95)55(92)44(31-80)106-67)22-36(82)25-51(88)104-42-26-52(89)109-69(61(42)114-102)113-71(101)77-21-20-72(6,7)27-39(77)38-14-15-46-73(8)18-17-48(74(9,32-78-29-49(85)86)45(73)16-19-75(46,10)76(38,11)28-47(77)84)108-70-64(112-68-59(96)56(93)54(91)43(30-79)107-68)62(60(97)63(111-70)65(98)99)110-66(100)57(94)53(90)35(5)81/h14,33-37,39-48,52-64,66-70,78-84,89-97,100,102H,12-13,15-32H2,1-11H3,(H,85,86)(H,98,99)/t33-,34-,35?,36-,37-,39?,40-,41-,42?,43?,44?,45?,46?,47+,48-,52?,53?,54?,55?,56?,57?,58?,59?,60?,61?,62?,63?,64?,66?,67?,68?,69?,70?,73-,74-,75+,76+,77+/m0/s1. The lowest BCUT2D eigenvalue weighted by Gasteiger charge is -2.72. The fraction of sp³-hybridized carbons (Fsp3) is 0.909. The van der Waals surface area contributed by atoms with Crippen LogP contribution in [-0.4, -0.2) is 325 Å². The molecule has 0 amide bonds. The molecule has 4 heterocycles. The molecule has 37 nitrogen and oxygen atoms in total. The van der Waals surface area contributed by atoms with Crippen LogP contribution < -0.4 is 5.32 Å². The number of carboxylic acids is 2. The Bertz CT molecular complexity index is 3240. The van der Waals surface area contributed by atoms with Crippen molar-refractivity contribution in [1.29, 1.82) is 0 Å². The topological polar surface area (TPSA) is 593 Å². The van der Waals surface area contributed by atoms with Crippen molar-refractivity contribution in [3.05, 3.63) is 11.6 Å². The van der Waals surface area contributed by atoms with Crippen LogP contribution in [0.15, 0.2) is 11.6 Å². The van der Waals surface area contributed by atoms with Crippen molar-refractivity contribution in [2.75, 3.05) is 26.3 Å². The zero-order valence-electron chi connectivity index (χ0n) is 66.7. The minimum Gasteiger partial charge on any atom is -0.480 e. The average molecular weight is 1640 g/mol. The van der Waals surface area contributed by atoms with Crippen molar-refractivity contribution in [2.24, 2.45) is 62.1 Å². The molecule has 8 fully saturated rings. The Labute approximate surface area is 661 Å². The molecule has 0 aromatic heterocycles. The summed E-state index contributed by atoms with van der Waals surface area (Å²) >= 11 is 0. The zero-order valence-corrected chi connectivity index (χ0v) is 66.7. The number of fused-ring (bicyclic) bond motifs is 7. The van der Waals surface area contributed by atoms with Crippen LogP contribution in [0.4, 0.5) is 0 Å². The minimum absolute atomic E-state index is 0.0215. The monoisotopic (exact) mass is 1640 g/mol. The van der Waals surface area contributed by atoms with Gasteiger partial charge < -0.3 is 149 Å². The second-order valence-electron chi connectivity index (χ2n) is 35.5. The molecule has 656 valence electrons. The largest absolute Gasteiger partial charge is 0.480 e. The van der Waals surface area contributed by atoms with Gasteiger partial charge in [-0.05, 0) is 116 Å². The number of esters is 3. The molecule has 0 spiro atoms. The van der Waals surface area contributed by atoms with Gasteiger partial charge in [-0.2, -0.15) is 0 Å². The Hall–Kier alpha value is -3.99. The molecule has 114 heavy (non-hydrogen) atoms. The highest BCUT2D eigenvalue weighted by molar-refractivity contribution is 5.80. The second-order valence-corrected chi connectivity index (χ2v) is 35.5. The molecule has 4 saturated carbocycles. The number of hydrogen-bond donors (Lipinski definition) is 20. The molecule has 38 atom stereocenters. The molecule has 0 bridgehead atoms. The summed E-state index contributed by atoms with van der Waals surface area (Å²) in [6, 6.07) is 0. The van der Waals surface area contributed by atoms with Gasteiger partial charge in [0.05, 0.1) is 69.2 Å². The maximum atomic E-state index is 15.6. The summed E-state index contributed by atoms with van der Waals surface area (Å²) in [5.74, 6) is -7.79. The Kier molecular flexibility index (Phi) is 31.3. The highest BCUT2D eigenvalue weighted by Gasteiger charge is 2.73. The van der Waals surface area contributed by atoms with Crippen LogP contribution in [0.2, 0.25) is 0 Å². The summed E-state index contributed by atoms with van der Waals surface area (Å²) in [6.45, 7) is 18.6. The van der Waals surface area contributed by atoms with Crippen LogP contribution in [0.3, 0.4) is 0 Å². The van der Waals surface area contributed by atoms with E-state index < -0.39 is 285 Å². The van der Waals surface area contributed by atoms with Crippen molar-refractivity contribution in [1.82, 2.24) is 5.32 Å². The van der Waals surface area contributed by atoms with E-state index in [4.69, 9.17) is 57.0 Å². The number of carbonyl (C=O) groups is 5. The molecular weight excluding hydrogens is 1510 g/mol. The van der Waals surface area contributed by atoms with Gasteiger partial charge in [-0.1, -0.05) is 93.7 Å². The van der Waals surface area contributed by atoms with Gasteiger partial charge in [-0.3, -0.25) is 24.4 Å². The highest BCUT2D eigenvalue weighted by Crippen LogP contribution is 2.76. The summed E-state index contributed by atoms with van der Waals surface area (Å²) in [6.07, 6.45) is -44.9. The van der Waals surface area contributed by atoms with E-state index in [1.807, 2.05) is 27.7 Å². The lowest BCUT2D eigenvalue weighted by atomic mass is 9.33. The van der Waals surface area contributed by atoms with Crippen LogP contribution >= 0.6 is 0 Å². The molecule has 0 aromatic rings. The second kappa shape index (κ2) is 38.0. The lowest BCUT2D eigenvalue weighted by molar-refractivity contribution is -0.387. The van der Waals surface area contributed by atoms with Gasteiger partial charge in [-0.15, -0.1) is 0 Å². The van der Waals surface area contributed by atoms with Gasteiger partial charge in [0.2, 0.25) is 6.29 Å². The van der Waals surface area contributed by atoms with Crippen molar-refractivity contribution in [2.45, 2.75) is 351 Å². The predicted octanol–water partition coefficient (Wildman–Crippen LogP) is -1.55. The van der Waals surface area contributed by atoms with E-state index in [1.165, 1.54) is 0 Å². The number of ether oxygens (including phenoxy) is 11. The molecule has 9 rings (SSSR count). The maximum Gasteiger partial charge on any atom is 0.335 e. The Morgan fingerprint density at radius 2 is 1.22 bits per heavy atom. The first-order valence-electron chi connectivity index (χ1n) is 40.1. The number of nitrogens with one attached hydrogen (secondary N) is 1. The summed E-state index contributed by atoms with van der Waals surface area (Å²) in [5.41, 5.74) is -4.62. The summed E-state index contributed by atoms with van der Waals surface area (Å²) < 4.78 is 65.5. The predicted molar refractivity (Wildman–Crippen MR) is 387 cm³/mol. The smallest absolute Gasteiger partial charge is 0.335 e. The Balaban J connectivity index is 0.926. The van der Waals surface area contributed by atoms with E-state index in [2.05, 4.69) is 46.0 Å². The summed E-state index contributed by atoms with van der Waals surface area (Å²) in [7, 11) is 0. The summed E-state index contributed by atoms with van der Waals surface area (Å²) in [4.78, 5) is 73.1. The SMILES string of the molecule is CC[C@H](C)[C@H](C[C@H](O)CC(=O)OC1CC(O)OC(OC(=O)[C@]23CCC(C)(C)CC2C2=CCC4[C@@]5(C)CC[C@H](OC6OC(C(=O)O)C(O)C(OC(O)C(O)C(O)C(C)O)C6OC6OC(CO)C(O)C(O)C6O)[C@@](C)(CNCC(=O)O)C5CC[C@@]4(C)[C@]2(C)C[C@H]3O)C1OO)OC(=O)C[C@@H](O)C[C@H](OC1OC(CO)C(O)C1O)[C@@H](C)CC. The number of rotatable bonds is 35. The van der Waals surface area contributed by atoms with E-state index in [-0.39, 0.29) is 56.4 Å². The lowest BCUT2D eigenvalue weighted by Crippen LogP contribution is -2.70. The van der Waals surface area contributed by atoms with Crippen molar-refractivity contribution in [3.8, 4) is 0 Å². The first kappa shape index (κ1) is 93.9. The third kappa shape index (κ3) is 19.2. The third-order valence-corrected chi connectivity index (χ3v) is 27.7. The maximum absolute atomic E-state index is 15.6. The molecule has 0 radical (unpaired) electrons. The van der Waals surface area contributed by atoms with Gasteiger partial charge in [0.1, 0.15) is 90.9 Å². The van der Waals surface area contributed by atoms with Gasteiger partial charge in [0, 0.05) is 31.2 Å². The van der Waals surface area contributed by atoms with E-state index in [0.717, 1.165) is 12.5 Å². The number of allylic oxidation sites excluding steroid dienone is 2. The Morgan fingerprint density at radius 1 is 0.614 bits per heavy atom. The fourth-order valence-electron chi connectivity index (χ4n) is 20.4. The van der Waals surface area contributed by atoms with Crippen molar-refractivity contribution in [3.63, 3.8) is 0 Å². The quantitative estimate of drug-likeness (QED) is 0.00649. The molecule has 20 N–H and O–H groups in total. The Morgan fingerprint density at radius 3 is 1.82 bits per heavy atom. The van der Waals surface area contributed by atoms with Crippen LogP contribution in [0.1, 0.15) is 179 Å². The molecule has 25 unspecified atom stereocenters. The van der Waals surface area contributed by atoms with Gasteiger partial charge in [0.15, 0.2) is 43.7 Å². The van der Waals surface area contributed by atoms with Crippen LogP contribution in [-0.2, 0) is 81.0 Å². The third-order valence-electron chi connectivity index (χ3n) is 27.7. The van der Waals surface area contributed by atoms with E-state index in [1.54, 1.807) is 6.92 Å². The first-order chi connectivity index (χ1) is 53.3. The number of aliphatic hydroxyl groups is 16. The molecule has 4 saturated heterocycles. The van der Waals surface area contributed by atoms with Gasteiger partial charge in [-0.25, -0.2) is 9.68 Å². The van der Waals surface area contributed by atoms with Crippen LogP contribution in [0, 0.1) is 62.1 Å². The molecule has 9 aliphatic rings. The molecule has 5 aliphatic carbocycles. The van der Waals surface area contributed by atoms with Crippen molar-refractivity contribution >= 4 is 29.8 Å². The molecule has 37 heteroatoms. The normalized spacial score (nSPS) is 42.7. The number of aliphatic carboxylic acids is 2. The average Bonchev–Trinajstić information content (AvgIpc) is 0.756. The van der Waals surface area contributed by atoms with Crippen molar-refractivity contribution < 1.29 is 178 Å². The molecular formula is C77H127NO36. The minimum atomic E-state index is -2.53. The zero-order chi connectivity index (χ0) is 84.6. The first-order valence-corrected chi connectivity index (χ1v) is 40.1. The van der Waals surface area contributed by atoms with Gasteiger partial charge in [0.25, 0.3) is 0 Å². The number of carbonyl (C=O) groups excluding carboxylic acids is 3. The van der Waals surface area contributed by atoms with E-state index in [9.17, 15) is 116 Å². The number of carboxylic acid groups (broad SMARTS) is 2. The van der Waals surface area contributed by atoms with Gasteiger partial charge >= 0.3 is 29.8 Å². The van der Waals surface area contributed by atoms with Crippen LogP contribution in [0.25, 0.3) is 0 Å². The van der Waals surface area contributed by atoms with Crippen LogP contribution in [0.5, 0.6) is 0 Å². The molecule has 4 aliphatic heterocycles. The highest BCUT2D eigenvalue weighted by atomic mass is 17.1. The number of aliphatic hydroxyl groups excluding tert-OH is 16.